The van der Waals surface area contributed by atoms with Crippen LogP contribution in [0.25, 0.3) is 11.4 Å². The standard InChI is InChI=1S/C20H22N4O2S/c1-3-17(19(25)21-13-14-7-5-4-6-8-14)27-20-22-18(23-24-20)15-9-11-16(26-2)12-10-15/h4-12,17H,3,13H2,1-2H3,(H,21,25)(H,22,23,24). The molecule has 3 rings (SSSR count). The number of carbonyl (C=O) groups is 1. The maximum Gasteiger partial charge on any atom is 0.233 e. The first-order chi connectivity index (χ1) is 13.2. The highest BCUT2D eigenvalue weighted by atomic mass is 32.2. The molecule has 0 spiro atoms. The third-order valence-electron chi connectivity index (χ3n) is 4.05. The average molecular weight is 382 g/mol. The van der Waals surface area contributed by atoms with E-state index in [4.69, 9.17) is 4.74 Å². The molecule has 1 heterocycles. The first-order valence-corrected chi connectivity index (χ1v) is 9.62. The van der Waals surface area contributed by atoms with E-state index in [1.54, 1.807) is 7.11 Å². The highest BCUT2D eigenvalue weighted by Crippen LogP contribution is 2.25. The number of nitrogens with one attached hydrogen (secondary N) is 2. The fraction of sp³-hybridized carbons (Fsp3) is 0.250. The van der Waals surface area contributed by atoms with E-state index in [1.807, 2.05) is 61.5 Å². The minimum Gasteiger partial charge on any atom is -0.497 e. The lowest BCUT2D eigenvalue weighted by molar-refractivity contribution is -0.120. The van der Waals surface area contributed by atoms with Crippen molar-refractivity contribution in [1.29, 1.82) is 0 Å². The van der Waals surface area contributed by atoms with Crippen molar-refractivity contribution in [2.45, 2.75) is 30.3 Å². The quantitative estimate of drug-likeness (QED) is 0.581. The van der Waals surface area contributed by atoms with Gasteiger partial charge in [-0.15, -0.1) is 5.10 Å². The highest BCUT2D eigenvalue weighted by molar-refractivity contribution is 8.00. The van der Waals surface area contributed by atoms with Crippen molar-refractivity contribution in [2.24, 2.45) is 0 Å². The summed E-state index contributed by atoms with van der Waals surface area (Å²) in [5, 5.41) is 10.5. The van der Waals surface area contributed by atoms with Crippen molar-refractivity contribution in [3.05, 3.63) is 60.2 Å². The van der Waals surface area contributed by atoms with Crippen molar-refractivity contribution in [3.63, 3.8) is 0 Å². The Morgan fingerprint density at radius 1 is 1.19 bits per heavy atom. The van der Waals surface area contributed by atoms with Gasteiger partial charge in [-0.2, -0.15) is 0 Å². The molecule has 0 saturated heterocycles. The molecule has 0 bridgehead atoms. The Balaban J connectivity index is 1.60. The van der Waals surface area contributed by atoms with Gasteiger partial charge in [0, 0.05) is 12.1 Å². The molecule has 3 aromatic rings. The SMILES string of the molecule is CCC(Sc1n[nH]c(-c2ccc(OC)cc2)n1)C(=O)NCc1ccccc1. The summed E-state index contributed by atoms with van der Waals surface area (Å²) in [5.74, 6) is 1.44. The van der Waals surface area contributed by atoms with E-state index >= 15 is 0 Å². The summed E-state index contributed by atoms with van der Waals surface area (Å²) in [4.78, 5) is 17.0. The summed E-state index contributed by atoms with van der Waals surface area (Å²) in [6, 6.07) is 17.4. The number of nitrogens with zero attached hydrogens (tertiary/aromatic N) is 2. The van der Waals surface area contributed by atoms with Gasteiger partial charge in [0.05, 0.1) is 12.4 Å². The van der Waals surface area contributed by atoms with Crippen LogP contribution in [0.5, 0.6) is 5.75 Å². The number of ether oxygens (including phenoxy) is 1. The molecular formula is C20H22N4O2S. The molecule has 0 saturated carbocycles. The number of hydrogen-bond donors (Lipinski definition) is 2. The smallest absolute Gasteiger partial charge is 0.233 e. The predicted molar refractivity (Wildman–Crippen MR) is 107 cm³/mol. The fourth-order valence-corrected chi connectivity index (χ4v) is 3.38. The maximum atomic E-state index is 12.5. The third kappa shape index (κ3) is 5.10. The summed E-state index contributed by atoms with van der Waals surface area (Å²) in [7, 11) is 1.63. The van der Waals surface area contributed by atoms with Crippen molar-refractivity contribution in [2.75, 3.05) is 7.11 Å². The number of H-pyrrole nitrogens is 1. The van der Waals surface area contributed by atoms with Crippen LogP contribution in [0, 0.1) is 0 Å². The number of hydrogen-bond acceptors (Lipinski definition) is 5. The van der Waals surface area contributed by atoms with Gasteiger partial charge in [-0.25, -0.2) is 4.98 Å². The second-order valence-electron chi connectivity index (χ2n) is 5.91. The van der Waals surface area contributed by atoms with Crippen LogP contribution in [0.4, 0.5) is 0 Å². The molecule has 0 aliphatic heterocycles. The third-order valence-corrected chi connectivity index (χ3v) is 5.27. The van der Waals surface area contributed by atoms with Crippen LogP contribution < -0.4 is 10.1 Å². The van der Waals surface area contributed by atoms with E-state index in [2.05, 4.69) is 20.5 Å². The van der Waals surface area contributed by atoms with Gasteiger partial charge in [0.2, 0.25) is 11.1 Å². The second-order valence-corrected chi connectivity index (χ2v) is 7.08. The molecule has 140 valence electrons. The van der Waals surface area contributed by atoms with E-state index in [9.17, 15) is 4.79 Å². The largest absolute Gasteiger partial charge is 0.497 e. The van der Waals surface area contributed by atoms with Gasteiger partial charge < -0.3 is 10.1 Å². The lowest BCUT2D eigenvalue weighted by Gasteiger charge is -2.12. The van der Waals surface area contributed by atoms with E-state index < -0.39 is 0 Å². The number of thioether (sulfide) groups is 1. The van der Waals surface area contributed by atoms with Crippen molar-refractivity contribution < 1.29 is 9.53 Å². The zero-order chi connectivity index (χ0) is 19.1. The lowest BCUT2D eigenvalue weighted by atomic mass is 10.2. The van der Waals surface area contributed by atoms with Gasteiger partial charge in [0.25, 0.3) is 0 Å². The number of rotatable bonds is 8. The van der Waals surface area contributed by atoms with Crippen LogP contribution in [-0.4, -0.2) is 33.4 Å². The van der Waals surface area contributed by atoms with Crippen LogP contribution in [-0.2, 0) is 11.3 Å². The zero-order valence-corrected chi connectivity index (χ0v) is 16.1. The molecule has 2 N–H and O–H groups in total. The summed E-state index contributed by atoms with van der Waals surface area (Å²) in [6.07, 6.45) is 0.692. The van der Waals surface area contributed by atoms with Crippen LogP contribution in [0.3, 0.4) is 0 Å². The highest BCUT2D eigenvalue weighted by Gasteiger charge is 2.20. The summed E-state index contributed by atoms with van der Waals surface area (Å²) in [6.45, 7) is 2.50. The van der Waals surface area contributed by atoms with Gasteiger partial charge in [0.15, 0.2) is 5.82 Å². The lowest BCUT2D eigenvalue weighted by Crippen LogP contribution is -2.31. The topological polar surface area (TPSA) is 79.9 Å². The molecule has 7 heteroatoms. The monoisotopic (exact) mass is 382 g/mol. The number of aromatic amines is 1. The zero-order valence-electron chi connectivity index (χ0n) is 15.3. The van der Waals surface area contributed by atoms with Crippen molar-refractivity contribution in [1.82, 2.24) is 20.5 Å². The molecule has 1 atom stereocenters. The van der Waals surface area contributed by atoms with Crippen molar-refractivity contribution in [3.8, 4) is 17.1 Å². The Morgan fingerprint density at radius 2 is 1.93 bits per heavy atom. The molecule has 6 nitrogen and oxygen atoms in total. The Hall–Kier alpha value is -2.80. The number of carbonyl (C=O) groups excluding carboxylic acids is 1. The van der Waals surface area contributed by atoms with Crippen LogP contribution in [0.15, 0.2) is 59.8 Å². The van der Waals surface area contributed by atoms with Gasteiger partial charge in [-0.05, 0) is 36.2 Å². The molecule has 1 amide bonds. The van der Waals surface area contributed by atoms with Crippen molar-refractivity contribution >= 4 is 17.7 Å². The Morgan fingerprint density at radius 3 is 2.59 bits per heavy atom. The summed E-state index contributed by atoms with van der Waals surface area (Å²) in [5.41, 5.74) is 1.99. The number of methoxy groups -OCH3 is 1. The fourth-order valence-electron chi connectivity index (χ4n) is 2.53. The molecule has 0 fully saturated rings. The Bertz CT molecular complexity index is 865. The molecule has 1 unspecified atom stereocenters. The van der Waals surface area contributed by atoms with Crippen LogP contribution in [0.2, 0.25) is 0 Å². The maximum absolute atomic E-state index is 12.5. The van der Waals surface area contributed by atoms with Gasteiger partial charge in [0.1, 0.15) is 5.75 Å². The molecular weight excluding hydrogens is 360 g/mol. The van der Waals surface area contributed by atoms with Crippen LogP contribution in [0.1, 0.15) is 18.9 Å². The Labute approximate surface area is 162 Å². The molecule has 0 aliphatic rings. The first-order valence-electron chi connectivity index (χ1n) is 8.74. The van der Waals surface area contributed by atoms with Gasteiger partial charge >= 0.3 is 0 Å². The Kier molecular flexibility index (Phi) is 6.49. The minimum absolute atomic E-state index is 0.0119. The molecule has 27 heavy (non-hydrogen) atoms. The number of benzene rings is 2. The summed E-state index contributed by atoms with van der Waals surface area (Å²) < 4.78 is 5.16. The van der Waals surface area contributed by atoms with Gasteiger partial charge in [-0.1, -0.05) is 49.0 Å². The van der Waals surface area contributed by atoms with E-state index in [-0.39, 0.29) is 11.2 Å². The first kappa shape index (κ1) is 19.0. The summed E-state index contributed by atoms with van der Waals surface area (Å²) >= 11 is 1.36. The minimum atomic E-state index is -0.242. The second kappa shape index (κ2) is 9.23. The van der Waals surface area contributed by atoms with Gasteiger partial charge in [-0.3, -0.25) is 9.89 Å². The average Bonchev–Trinajstić information content (AvgIpc) is 3.19. The molecule has 1 aromatic heterocycles. The predicted octanol–water partition coefficient (Wildman–Crippen LogP) is 3.67. The number of aromatic nitrogens is 3. The van der Waals surface area contributed by atoms with E-state index in [0.29, 0.717) is 23.9 Å². The molecule has 0 radical (unpaired) electrons. The number of amides is 1. The van der Waals surface area contributed by atoms with E-state index in [1.165, 1.54) is 11.8 Å². The van der Waals surface area contributed by atoms with Crippen LogP contribution >= 0.6 is 11.8 Å². The normalized spacial score (nSPS) is 11.8. The van der Waals surface area contributed by atoms with E-state index in [0.717, 1.165) is 16.9 Å². The molecule has 0 aliphatic carbocycles. The molecule has 2 aromatic carbocycles.